The monoisotopic (exact) mass is 647 g/mol. The summed E-state index contributed by atoms with van der Waals surface area (Å²) >= 11 is 0. The van der Waals surface area contributed by atoms with Crippen molar-refractivity contribution in [1.82, 2.24) is 9.88 Å². The molecule has 1 amide bonds. The number of cyclic esters (lactones) is 1. The number of rotatable bonds is 7. The number of anilines is 1. The van der Waals surface area contributed by atoms with Crippen LogP contribution in [0.5, 0.6) is 5.75 Å². The molecule has 6 rings (SSSR count). The van der Waals surface area contributed by atoms with Crippen molar-refractivity contribution in [2.75, 3.05) is 25.1 Å². The molecule has 0 unspecified atom stereocenters. The van der Waals surface area contributed by atoms with E-state index in [1.54, 1.807) is 14.0 Å². The first-order valence-electron chi connectivity index (χ1n) is 15.4. The highest BCUT2D eigenvalue weighted by molar-refractivity contribution is 5.78. The summed E-state index contributed by atoms with van der Waals surface area (Å²) in [7, 11) is 1.58. The van der Waals surface area contributed by atoms with E-state index < -0.39 is 41.7 Å². The van der Waals surface area contributed by atoms with Crippen LogP contribution in [-0.2, 0) is 23.6 Å². The average Bonchev–Trinajstić information content (AvgIpc) is 3.60. The fourth-order valence-electron chi connectivity index (χ4n) is 6.81. The Bertz CT molecular complexity index is 1600. The molecule has 3 heterocycles. The molecular formula is C34H35F6N3O3. The maximum Gasteiger partial charge on any atom is 0.416 e. The number of alkyl halides is 6. The van der Waals surface area contributed by atoms with Crippen molar-refractivity contribution in [3.8, 4) is 16.9 Å². The zero-order chi connectivity index (χ0) is 33.0. The van der Waals surface area contributed by atoms with Crippen LogP contribution in [0.3, 0.4) is 0 Å². The minimum Gasteiger partial charge on any atom is -0.496 e. The van der Waals surface area contributed by atoms with Crippen LogP contribution in [0, 0.1) is 6.92 Å². The minimum atomic E-state index is -5.03. The summed E-state index contributed by atoms with van der Waals surface area (Å²) in [5.74, 6) is 1.78. The fraction of sp³-hybridized carbons (Fsp3) is 0.471. The standard InChI is InChI=1S/C34H35F6N3O3/c1-19-13-29(42-11-6-12-42)41-27(30(19)26-16-22(9-10-28(26)45-3)21-7-4-5-8-21)18-43-20(2)31(46-32(43)44)23-14-24(33(35,36)37)17-25(15-23)34(38,39)40/h9-10,13-17,20-21,31H,4-8,11-12,18H2,1-3H3/t20-,31-/m0/s1. The van der Waals surface area contributed by atoms with Crippen LogP contribution in [0.2, 0.25) is 0 Å². The molecule has 46 heavy (non-hydrogen) atoms. The Morgan fingerprint density at radius 1 is 0.913 bits per heavy atom. The van der Waals surface area contributed by atoms with Gasteiger partial charge in [0.15, 0.2) is 0 Å². The molecule has 3 aromatic rings. The third-order valence-electron chi connectivity index (χ3n) is 9.43. The molecule has 3 fully saturated rings. The van der Waals surface area contributed by atoms with Gasteiger partial charge >= 0.3 is 18.4 Å². The highest BCUT2D eigenvalue weighted by Crippen LogP contribution is 2.44. The van der Waals surface area contributed by atoms with Gasteiger partial charge in [0.05, 0.1) is 36.5 Å². The van der Waals surface area contributed by atoms with Crippen LogP contribution < -0.4 is 9.64 Å². The van der Waals surface area contributed by atoms with Crippen molar-refractivity contribution >= 4 is 11.9 Å². The van der Waals surface area contributed by atoms with E-state index in [1.165, 1.54) is 10.5 Å². The smallest absolute Gasteiger partial charge is 0.416 e. The summed E-state index contributed by atoms with van der Waals surface area (Å²) in [6.45, 7) is 5.09. The van der Waals surface area contributed by atoms with Gasteiger partial charge in [-0.1, -0.05) is 18.9 Å². The number of hydrogen-bond donors (Lipinski definition) is 0. The first-order chi connectivity index (χ1) is 21.7. The molecule has 0 N–H and O–H groups in total. The first kappa shape index (κ1) is 32.0. The molecule has 2 saturated heterocycles. The molecule has 0 spiro atoms. The topological polar surface area (TPSA) is 54.9 Å². The lowest BCUT2D eigenvalue weighted by Gasteiger charge is -2.33. The van der Waals surface area contributed by atoms with Gasteiger partial charge in [0.1, 0.15) is 17.7 Å². The van der Waals surface area contributed by atoms with Gasteiger partial charge in [-0.15, -0.1) is 0 Å². The van der Waals surface area contributed by atoms with Gasteiger partial charge in [0, 0.05) is 24.2 Å². The van der Waals surface area contributed by atoms with Gasteiger partial charge in [-0.2, -0.15) is 26.3 Å². The van der Waals surface area contributed by atoms with Gasteiger partial charge < -0.3 is 14.4 Å². The number of carbonyl (C=O) groups excluding carboxylic acids is 1. The third-order valence-corrected chi connectivity index (χ3v) is 9.43. The number of methoxy groups -OCH3 is 1. The molecular weight excluding hydrogens is 612 g/mol. The lowest BCUT2D eigenvalue weighted by molar-refractivity contribution is -0.143. The van der Waals surface area contributed by atoms with Crippen molar-refractivity contribution in [2.45, 2.75) is 82.9 Å². The molecule has 246 valence electrons. The second kappa shape index (κ2) is 12.0. The summed E-state index contributed by atoms with van der Waals surface area (Å²) in [5.41, 5.74) is 0.894. The Balaban J connectivity index is 1.40. The van der Waals surface area contributed by atoms with E-state index >= 15 is 0 Å². The van der Waals surface area contributed by atoms with E-state index in [9.17, 15) is 31.1 Å². The van der Waals surface area contributed by atoms with Gasteiger partial charge in [-0.3, -0.25) is 4.90 Å². The van der Waals surface area contributed by atoms with E-state index in [2.05, 4.69) is 17.0 Å². The van der Waals surface area contributed by atoms with E-state index in [1.807, 2.05) is 19.1 Å². The Labute approximate surface area is 263 Å². The summed E-state index contributed by atoms with van der Waals surface area (Å²) in [6.07, 6.45) is -6.74. The number of aryl methyl sites for hydroxylation is 1. The first-order valence-corrected chi connectivity index (χ1v) is 15.4. The number of carbonyl (C=O) groups is 1. The summed E-state index contributed by atoms with van der Waals surface area (Å²) in [5, 5.41) is 0. The quantitative estimate of drug-likeness (QED) is 0.240. The summed E-state index contributed by atoms with van der Waals surface area (Å²) in [6, 6.07) is 8.52. The normalized spacial score (nSPS) is 20.7. The van der Waals surface area contributed by atoms with E-state index in [0.29, 0.717) is 29.5 Å². The third kappa shape index (κ3) is 6.10. The highest BCUT2D eigenvalue weighted by atomic mass is 19.4. The fourth-order valence-corrected chi connectivity index (χ4v) is 6.81. The Kier molecular flexibility index (Phi) is 8.35. The number of ether oxygens (including phenoxy) is 2. The maximum absolute atomic E-state index is 13.6. The zero-order valence-corrected chi connectivity index (χ0v) is 25.8. The molecule has 2 aromatic carbocycles. The number of halogens is 6. The highest BCUT2D eigenvalue weighted by Gasteiger charge is 2.44. The Morgan fingerprint density at radius 3 is 2.13 bits per heavy atom. The number of hydrogen-bond acceptors (Lipinski definition) is 5. The van der Waals surface area contributed by atoms with E-state index in [0.717, 1.165) is 67.7 Å². The molecule has 0 radical (unpaired) electrons. The van der Waals surface area contributed by atoms with E-state index in [-0.39, 0.29) is 18.2 Å². The molecule has 1 aliphatic carbocycles. The predicted octanol–water partition coefficient (Wildman–Crippen LogP) is 9.05. The van der Waals surface area contributed by atoms with Gasteiger partial charge in [0.25, 0.3) is 0 Å². The lowest BCUT2D eigenvalue weighted by Crippen LogP contribution is -2.38. The predicted molar refractivity (Wildman–Crippen MR) is 160 cm³/mol. The van der Waals surface area contributed by atoms with Crippen LogP contribution in [-0.4, -0.2) is 42.2 Å². The number of nitrogens with zero attached hydrogens (tertiary/aromatic N) is 3. The summed E-state index contributed by atoms with van der Waals surface area (Å²) < 4.78 is 93.0. The molecule has 2 atom stereocenters. The molecule has 1 aromatic heterocycles. The van der Waals surface area contributed by atoms with Crippen molar-refractivity contribution in [3.05, 3.63) is 76.0 Å². The number of aromatic nitrogens is 1. The molecule has 3 aliphatic rings. The molecule has 6 nitrogen and oxygen atoms in total. The molecule has 0 bridgehead atoms. The number of amides is 1. The molecule has 12 heteroatoms. The number of benzene rings is 2. The van der Waals surface area contributed by atoms with Crippen molar-refractivity contribution in [1.29, 1.82) is 0 Å². The Morgan fingerprint density at radius 2 is 1.57 bits per heavy atom. The van der Waals surface area contributed by atoms with Crippen molar-refractivity contribution in [2.24, 2.45) is 0 Å². The van der Waals surface area contributed by atoms with Crippen molar-refractivity contribution in [3.63, 3.8) is 0 Å². The Hall–Kier alpha value is -3.96. The van der Waals surface area contributed by atoms with Gasteiger partial charge in [-0.05, 0) is 92.1 Å². The zero-order valence-electron chi connectivity index (χ0n) is 25.8. The van der Waals surface area contributed by atoms with Crippen LogP contribution in [0.1, 0.15) is 84.6 Å². The van der Waals surface area contributed by atoms with Gasteiger partial charge in [-0.25, -0.2) is 9.78 Å². The lowest BCUT2D eigenvalue weighted by atomic mass is 9.90. The second-order valence-corrected chi connectivity index (χ2v) is 12.4. The van der Waals surface area contributed by atoms with Crippen LogP contribution >= 0.6 is 0 Å². The van der Waals surface area contributed by atoms with Gasteiger partial charge in [0.2, 0.25) is 0 Å². The molecule has 2 aliphatic heterocycles. The second-order valence-electron chi connectivity index (χ2n) is 12.4. The van der Waals surface area contributed by atoms with Crippen LogP contribution in [0.25, 0.3) is 11.1 Å². The SMILES string of the molecule is COc1ccc(C2CCCC2)cc1-c1c(C)cc(N2CCC2)nc1CN1C(=O)O[C@H](c2cc(C(F)(F)F)cc(C(F)(F)F)c2)[C@@H]1C. The molecule has 1 saturated carbocycles. The van der Waals surface area contributed by atoms with Crippen LogP contribution in [0.15, 0.2) is 42.5 Å². The summed E-state index contributed by atoms with van der Waals surface area (Å²) in [4.78, 5) is 21.7. The minimum absolute atomic E-state index is 0.0655. The van der Waals surface area contributed by atoms with E-state index in [4.69, 9.17) is 14.5 Å². The van der Waals surface area contributed by atoms with Crippen molar-refractivity contribution < 1.29 is 40.6 Å². The average molecular weight is 648 g/mol. The van der Waals surface area contributed by atoms with Crippen LogP contribution in [0.4, 0.5) is 37.0 Å². The largest absolute Gasteiger partial charge is 0.496 e. The number of pyridine rings is 1. The maximum atomic E-state index is 13.6.